The Kier molecular flexibility index (Phi) is 6.72. The van der Waals surface area contributed by atoms with Crippen LogP contribution in [0.25, 0.3) is 0 Å². The van der Waals surface area contributed by atoms with E-state index in [0.717, 1.165) is 0 Å². The zero-order chi connectivity index (χ0) is 26.1. The Morgan fingerprint density at radius 2 is 0.564 bits per heavy atom. The molecule has 0 saturated carbocycles. The highest BCUT2D eigenvalue weighted by Gasteiger charge is 2.74. The van der Waals surface area contributed by atoms with Gasteiger partial charge in [0.2, 0.25) is 0 Å². The van der Waals surface area contributed by atoms with Crippen molar-refractivity contribution in [2.75, 3.05) is 0 Å². The van der Waals surface area contributed by atoms with Crippen molar-refractivity contribution in [2.24, 2.45) is 0 Å². The van der Waals surface area contributed by atoms with Gasteiger partial charge in [0.25, 0.3) is 0 Å². The van der Waals surface area contributed by atoms with Gasteiger partial charge in [0.15, 0.2) is 5.40 Å². The van der Waals surface area contributed by atoms with E-state index in [1.54, 1.807) is 0 Å². The number of benzene rings is 1. The summed E-state index contributed by atoms with van der Waals surface area (Å²) in [5, 5.41) is 0.436. The molecule has 0 spiro atoms. The molecule has 0 heterocycles. The molecular weight excluding hydrogens is 506 g/mol. The molecule has 192 valence electrons. The monoisotopic (exact) mass is 542 g/mol. The van der Waals surface area contributed by atoms with E-state index in [4.69, 9.17) is 0 Å². The molecule has 2 heteroatoms. The molecule has 0 saturated heterocycles. The van der Waals surface area contributed by atoms with Gasteiger partial charge in [0.1, 0.15) is 34.0 Å². The molecule has 39 heavy (non-hydrogen) atoms. The molecule has 0 radical (unpaired) electrons. The van der Waals surface area contributed by atoms with Crippen LogP contribution in [0.1, 0.15) is 11.0 Å². The molecule has 7 rings (SSSR count). The first-order valence-corrected chi connectivity index (χ1v) is 18.4. The first kappa shape index (κ1) is 25.0. The third-order valence-electron chi connectivity index (χ3n) is 9.41. The smallest absolute Gasteiger partial charge is 0.0622 e. The van der Waals surface area contributed by atoms with Crippen molar-refractivity contribution in [2.45, 2.75) is 39.4 Å². The summed E-state index contributed by atoms with van der Waals surface area (Å²) >= 11 is 0. The second kappa shape index (κ2) is 10.5. The summed E-state index contributed by atoms with van der Waals surface area (Å²) in [5.41, 5.74) is 4.09. The van der Waals surface area contributed by atoms with E-state index in [1.165, 1.54) is 5.56 Å². The normalized spacial score (nSPS) is 22.8. The largest absolute Gasteiger partial charge is 0.198 e. The standard InChI is InChI=1S/C37H36P2/c1-2-16-30(17-3-1)37(38(31-18-4-5-19-31,32-20-6-7-21-32)33-22-8-9-23-33)39(34-24-10-11-25-34,35-26-12-13-27-35)36-28-14-15-29-36/h1-29,31-37H/q+2. The predicted molar refractivity (Wildman–Crippen MR) is 175 cm³/mol. The SMILES string of the molecule is C1=CC([P+](C2C=CC=C2)(C2C=CC=C2)C(c2ccccc2)[P+](C2C=CC=C2)(C2C=CC=C2)C2C=CC=C2)C=C1. The van der Waals surface area contributed by atoms with Crippen LogP contribution >= 0.6 is 14.5 Å². The van der Waals surface area contributed by atoms with Gasteiger partial charge < -0.3 is 0 Å². The summed E-state index contributed by atoms with van der Waals surface area (Å²) < 4.78 is 0. The molecule has 0 aromatic heterocycles. The zero-order valence-corrected chi connectivity index (χ0v) is 24.0. The van der Waals surface area contributed by atoms with E-state index in [9.17, 15) is 0 Å². The van der Waals surface area contributed by atoms with Gasteiger partial charge in [-0.15, -0.1) is 0 Å². The summed E-state index contributed by atoms with van der Waals surface area (Å²) in [7, 11) is -3.85. The Morgan fingerprint density at radius 3 is 0.795 bits per heavy atom. The lowest BCUT2D eigenvalue weighted by atomic mass is 10.2. The summed E-state index contributed by atoms with van der Waals surface area (Å²) in [6.07, 6.45) is 58.2. The lowest BCUT2D eigenvalue weighted by Crippen LogP contribution is -2.38. The molecule has 0 N–H and O–H groups in total. The predicted octanol–water partition coefficient (Wildman–Crippen LogP) is 9.69. The van der Waals surface area contributed by atoms with E-state index in [2.05, 4.69) is 176 Å². The van der Waals surface area contributed by atoms with Gasteiger partial charge in [-0.05, 0) is 72.9 Å². The molecule has 0 fully saturated rings. The van der Waals surface area contributed by atoms with E-state index in [-0.39, 0.29) is 0 Å². The Balaban J connectivity index is 1.61. The number of hydrogen-bond donors (Lipinski definition) is 0. The molecular formula is C37H36P2+2. The van der Waals surface area contributed by atoms with Crippen LogP contribution in [-0.4, -0.2) is 34.0 Å². The first-order chi connectivity index (χ1) is 19.4. The minimum Gasteiger partial charge on any atom is -0.0622 e. The Bertz CT molecular complexity index is 1150. The highest BCUT2D eigenvalue weighted by Crippen LogP contribution is 2.97. The molecule has 1 aromatic carbocycles. The van der Waals surface area contributed by atoms with E-state index >= 15 is 0 Å². The van der Waals surface area contributed by atoms with E-state index in [0.29, 0.717) is 39.4 Å². The van der Waals surface area contributed by atoms with Crippen LogP contribution in [0.15, 0.2) is 176 Å². The molecule has 0 atom stereocenters. The molecule has 0 aliphatic heterocycles. The molecule has 0 bridgehead atoms. The maximum Gasteiger partial charge on any atom is 0.198 e. The summed E-state index contributed by atoms with van der Waals surface area (Å²) in [4.78, 5) is 0. The zero-order valence-electron chi connectivity index (χ0n) is 22.2. The minimum atomic E-state index is -1.92. The fraction of sp³-hybridized carbons (Fsp3) is 0.189. The van der Waals surface area contributed by atoms with Crippen LogP contribution < -0.4 is 0 Å². The van der Waals surface area contributed by atoms with Crippen molar-refractivity contribution in [3.8, 4) is 0 Å². The van der Waals surface area contributed by atoms with Gasteiger partial charge in [0, 0.05) is 5.56 Å². The van der Waals surface area contributed by atoms with Crippen molar-refractivity contribution in [1.82, 2.24) is 0 Å². The van der Waals surface area contributed by atoms with Crippen LogP contribution in [0.5, 0.6) is 0 Å². The molecule has 0 unspecified atom stereocenters. The van der Waals surface area contributed by atoms with E-state index in [1.807, 2.05) is 0 Å². The minimum absolute atomic E-state index is 0.426. The molecule has 1 aromatic rings. The lowest BCUT2D eigenvalue weighted by Gasteiger charge is -2.51. The van der Waals surface area contributed by atoms with Crippen LogP contribution in [-0.2, 0) is 0 Å². The van der Waals surface area contributed by atoms with Crippen LogP contribution in [0.2, 0.25) is 0 Å². The summed E-state index contributed by atoms with van der Waals surface area (Å²) in [6, 6.07) is 11.7. The van der Waals surface area contributed by atoms with Gasteiger partial charge in [-0.25, -0.2) is 0 Å². The maximum absolute atomic E-state index is 2.54. The Morgan fingerprint density at radius 1 is 0.333 bits per heavy atom. The lowest BCUT2D eigenvalue weighted by molar-refractivity contribution is 1.06. The number of allylic oxidation sites excluding steroid dienone is 24. The van der Waals surface area contributed by atoms with E-state index < -0.39 is 14.5 Å². The molecule has 0 nitrogen and oxygen atoms in total. The number of hydrogen-bond acceptors (Lipinski definition) is 0. The topological polar surface area (TPSA) is 0 Å². The summed E-state index contributed by atoms with van der Waals surface area (Å²) in [6.45, 7) is 0. The van der Waals surface area contributed by atoms with Crippen LogP contribution in [0, 0.1) is 0 Å². The van der Waals surface area contributed by atoms with Crippen molar-refractivity contribution >= 4 is 14.5 Å². The van der Waals surface area contributed by atoms with Crippen molar-refractivity contribution in [1.29, 1.82) is 0 Å². The van der Waals surface area contributed by atoms with Crippen molar-refractivity contribution in [3.63, 3.8) is 0 Å². The quantitative estimate of drug-likeness (QED) is 0.273. The van der Waals surface area contributed by atoms with Gasteiger partial charge in [0.05, 0.1) is 14.5 Å². The summed E-state index contributed by atoms with van der Waals surface area (Å²) in [5.74, 6) is 0. The molecule has 6 aliphatic rings. The Hall–Kier alpha value is -3.04. The second-order valence-electron chi connectivity index (χ2n) is 11.1. The average Bonchev–Trinajstić information content (AvgIpc) is 3.84. The van der Waals surface area contributed by atoms with Crippen LogP contribution in [0.4, 0.5) is 0 Å². The molecule has 6 aliphatic carbocycles. The van der Waals surface area contributed by atoms with Gasteiger partial charge in [-0.1, -0.05) is 103 Å². The highest BCUT2D eigenvalue weighted by molar-refractivity contribution is 7.95. The van der Waals surface area contributed by atoms with Gasteiger partial charge in [-0.2, -0.15) is 0 Å². The third-order valence-corrected chi connectivity index (χ3v) is 22.4. The third kappa shape index (κ3) is 3.88. The van der Waals surface area contributed by atoms with Gasteiger partial charge >= 0.3 is 0 Å². The fourth-order valence-electron chi connectivity index (χ4n) is 7.97. The fourth-order valence-corrected chi connectivity index (χ4v) is 24.0. The maximum atomic E-state index is 2.54. The molecule has 0 amide bonds. The Labute approximate surface area is 235 Å². The van der Waals surface area contributed by atoms with Crippen molar-refractivity contribution in [3.05, 3.63) is 182 Å². The second-order valence-corrected chi connectivity index (χ2v) is 19.7. The first-order valence-electron chi connectivity index (χ1n) is 14.3. The number of rotatable bonds is 9. The highest BCUT2D eigenvalue weighted by atomic mass is 31.2. The average molecular weight is 543 g/mol. The van der Waals surface area contributed by atoms with Crippen LogP contribution in [0.3, 0.4) is 0 Å². The van der Waals surface area contributed by atoms with Gasteiger partial charge in [-0.3, -0.25) is 0 Å². The van der Waals surface area contributed by atoms with Crippen molar-refractivity contribution < 1.29 is 0 Å².